The lowest BCUT2D eigenvalue weighted by atomic mass is 10.2. The highest BCUT2D eigenvalue weighted by Gasteiger charge is 1.93. The number of hydrogen-bond donors (Lipinski definition) is 0. The van der Waals surface area contributed by atoms with Gasteiger partial charge in [0.15, 0.2) is 0 Å². The molecule has 0 radical (unpaired) electrons. The summed E-state index contributed by atoms with van der Waals surface area (Å²) in [4.78, 5) is 8.53. The number of nitrogens with zero attached hydrogens (tertiary/aromatic N) is 2. The number of methoxy groups -OCH3 is 1. The molecule has 0 aliphatic heterocycles. The molecule has 18 heavy (non-hydrogen) atoms. The van der Waals surface area contributed by atoms with E-state index in [2.05, 4.69) is 16.0 Å². The van der Waals surface area contributed by atoms with E-state index in [4.69, 9.17) is 4.74 Å². The van der Waals surface area contributed by atoms with Gasteiger partial charge in [-0.05, 0) is 36.2 Å². The molecule has 1 aromatic carbocycles. The number of aryl methyl sites for hydroxylation is 1. The lowest BCUT2D eigenvalue weighted by Gasteiger charge is -2.00. The Morgan fingerprint density at radius 2 is 2.00 bits per heavy atom. The summed E-state index contributed by atoms with van der Waals surface area (Å²) in [6.07, 6.45) is 5.50. The zero-order valence-electron chi connectivity index (χ0n) is 10.6. The van der Waals surface area contributed by atoms with E-state index < -0.39 is 0 Å². The van der Waals surface area contributed by atoms with Gasteiger partial charge in [0.2, 0.25) is 0 Å². The lowest BCUT2D eigenvalue weighted by molar-refractivity contribution is 0.414. The molecule has 0 bridgehead atoms. The SMILES string of the molecule is COc1ccc(C/N=C\c2cncc(C)c2)cc1. The Hall–Kier alpha value is -2.16. The number of rotatable bonds is 4. The molecular formula is C15H16N2O. The van der Waals surface area contributed by atoms with Crippen LogP contribution in [-0.2, 0) is 6.54 Å². The predicted octanol–water partition coefficient (Wildman–Crippen LogP) is 3.02. The number of aromatic nitrogens is 1. The van der Waals surface area contributed by atoms with Crippen molar-refractivity contribution < 1.29 is 4.74 Å². The Morgan fingerprint density at radius 1 is 1.22 bits per heavy atom. The summed E-state index contributed by atoms with van der Waals surface area (Å²) in [6, 6.07) is 9.98. The Bertz CT molecular complexity index is 532. The van der Waals surface area contributed by atoms with Crippen molar-refractivity contribution in [1.29, 1.82) is 0 Å². The van der Waals surface area contributed by atoms with Crippen LogP contribution in [0, 0.1) is 6.92 Å². The van der Waals surface area contributed by atoms with Gasteiger partial charge >= 0.3 is 0 Å². The summed E-state index contributed by atoms with van der Waals surface area (Å²) in [7, 11) is 1.66. The second kappa shape index (κ2) is 5.96. The van der Waals surface area contributed by atoms with Crippen molar-refractivity contribution in [3.8, 4) is 5.75 Å². The highest BCUT2D eigenvalue weighted by atomic mass is 16.5. The minimum absolute atomic E-state index is 0.665. The molecule has 0 spiro atoms. The van der Waals surface area contributed by atoms with Crippen LogP contribution in [0.25, 0.3) is 0 Å². The first kappa shape index (κ1) is 12.3. The average molecular weight is 240 g/mol. The first-order valence-corrected chi connectivity index (χ1v) is 5.82. The highest BCUT2D eigenvalue weighted by molar-refractivity contribution is 5.79. The van der Waals surface area contributed by atoms with Crippen LogP contribution in [0.3, 0.4) is 0 Å². The Labute approximate surface area is 107 Å². The van der Waals surface area contributed by atoms with E-state index in [9.17, 15) is 0 Å². The monoisotopic (exact) mass is 240 g/mol. The molecule has 0 aliphatic carbocycles. The number of benzene rings is 1. The van der Waals surface area contributed by atoms with E-state index in [1.165, 1.54) is 0 Å². The fraction of sp³-hybridized carbons (Fsp3) is 0.200. The molecule has 3 heteroatoms. The summed E-state index contributed by atoms with van der Waals surface area (Å²) in [5, 5.41) is 0. The molecule has 3 nitrogen and oxygen atoms in total. The van der Waals surface area contributed by atoms with Crippen molar-refractivity contribution in [3.05, 3.63) is 59.4 Å². The van der Waals surface area contributed by atoms with E-state index in [0.717, 1.165) is 22.4 Å². The molecule has 0 atom stereocenters. The third-order valence-corrected chi connectivity index (χ3v) is 2.57. The molecule has 2 rings (SSSR count). The lowest BCUT2D eigenvalue weighted by Crippen LogP contribution is -1.88. The standard InChI is InChI=1S/C15H16N2O/c1-12-7-14(10-16-8-12)11-17-9-13-3-5-15(18-2)6-4-13/h3-8,10-11H,9H2,1-2H3/b17-11-. The zero-order valence-corrected chi connectivity index (χ0v) is 10.6. The van der Waals surface area contributed by atoms with Gasteiger partial charge in [0.25, 0.3) is 0 Å². The van der Waals surface area contributed by atoms with E-state index in [0.29, 0.717) is 6.54 Å². The van der Waals surface area contributed by atoms with E-state index in [1.807, 2.05) is 49.8 Å². The van der Waals surface area contributed by atoms with Gasteiger partial charge in [0, 0.05) is 24.2 Å². The minimum Gasteiger partial charge on any atom is -0.497 e. The van der Waals surface area contributed by atoms with Crippen molar-refractivity contribution in [2.24, 2.45) is 4.99 Å². The zero-order chi connectivity index (χ0) is 12.8. The Kier molecular flexibility index (Phi) is 4.07. The van der Waals surface area contributed by atoms with Gasteiger partial charge in [0.05, 0.1) is 13.7 Å². The fourth-order valence-corrected chi connectivity index (χ4v) is 1.64. The number of ether oxygens (including phenoxy) is 1. The van der Waals surface area contributed by atoms with Gasteiger partial charge in [-0.1, -0.05) is 12.1 Å². The summed E-state index contributed by atoms with van der Waals surface area (Å²) < 4.78 is 5.11. The second-order valence-electron chi connectivity index (χ2n) is 4.11. The summed E-state index contributed by atoms with van der Waals surface area (Å²) in [5.41, 5.74) is 3.33. The number of pyridine rings is 1. The van der Waals surface area contributed by atoms with Crippen LogP contribution in [0.2, 0.25) is 0 Å². The van der Waals surface area contributed by atoms with Crippen molar-refractivity contribution >= 4 is 6.21 Å². The molecular weight excluding hydrogens is 224 g/mol. The largest absolute Gasteiger partial charge is 0.497 e. The van der Waals surface area contributed by atoms with Crippen molar-refractivity contribution in [1.82, 2.24) is 4.98 Å². The first-order chi connectivity index (χ1) is 8.78. The molecule has 0 amide bonds. The molecule has 1 aromatic heterocycles. The minimum atomic E-state index is 0.665. The van der Waals surface area contributed by atoms with Crippen molar-refractivity contribution in [3.63, 3.8) is 0 Å². The van der Waals surface area contributed by atoms with E-state index in [1.54, 1.807) is 7.11 Å². The molecule has 92 valence electrons. The molecule has 0 unspecified atom stereocenters. The summed E-state index contributed by atoms with van der Waals surface area (Å²) in [6.45, 7) is 2.69. The Balaban J connectivity index is 1.98. The van der Waals surface area contributed by atoms with Crippen LogP contribution in [0.5, 0.6) is 5.75 Å². The molecule has 2 aromatic rings. The highest BCUT2D eigenvalue weighted by Crippen LogP contribution is 2.11. The third kappa shape index (κ3) is 3.42. The van der Waals surface area contributed by atoms with Crippen LogP contribution in [0.15, 0.2) is 47.7 Å². The smallest absolute Gasteiger partial charge is 0.118 e. The quantitative estimate of drug-likeness (QED) is 0.770. The Morgan fingerprint density at radius 3 is 2.67 bits per heavy atom. The maximum absolute atomic E-state index is 5.11. The van der Waals surface area contributed by atoms with Crippen LogP contribution >= 0.6 is 0 Å². The maximum Gasteiger partial charge on any atom is 0.118 e. The van der Waals surface area contributed by atoms with Gasteiger partial charge in [-0.15, -0.1) is 0 Å². The fourth-order valence-electron chi connectivity index (χ4n) is 1.64. The van der Waals surface area contributed by atoms with Crippen molar-refractivity contribution in [2.45, 2.75) is 13.5 Å². The maximum atomic E-state index is 5.11. The predicted molar refractivity (Wildman–Crippen MR) is 73.3 cm³/mol. The van der Waals surface area contributed by atoms with Gasteiger partial charge in [-0.2, -0.15) is 0 Å². The summed E-state index contributed by atoms with van der Waals surface area (Å²) in [5.74, 6) is 0.866. The second-order valence-corrected chi connectivity index (χ2v) is 4.11. The molecule has 0 fully saturated rings. The van der Waals surface area contributed by atoms with E-state index >= 15 is 0 Å². The van der Waals surface area contributed by atoms with Crippen LogP contribution < -0.4 is 4.74 Å². The van der Waals surface area contributed by atoms with Gasteiger partial charge in [-0.3, -0.25) is 9.98 Å². The molecule has 1 heterocycles. The number of aliphatic imine (C=N–C) groups is 1. The first-order valence-electron chi connectivity index (χ1n) is 5.82. The average Bonchev–Trinajstić information content (AvgIpc) is 2.40. The number of hydrogen-bond acceptors (Lipinski definition) is 3. The topological polar surface area (TPSA) is 34.5 Å². The normalized spacial score (nSPS) is 10.8. The van der Waals surface area contributed by atoms with Crippen LogP contribution in [0.4, 0.5) is 0 Å². The van der Waals surface area contributed by atoms with Gasteiger partial charge in [0.1, 0.15) is 5.75 Å². The third-order valence-electron chi connectivity index (χ3n) is 2.57. The summed E-state index contributed by atoms with van der Waals surface area (Å²) >= 11 is 0. The van der Waals surface area contributed by atoms with E-state index in [-0.39, 0.29) is 0 Å². The molecule has 0 saturated heterocycles. The van der Waals surface area contributed by atoms with Gasteiger partial charge < -0.3 is 4.74 Å². The van der Waals surface area contributed by atoms with Crippen LogP contribution in [0.1, 0.15) is 16.7 Å². The molecule has 0 saturated carbocycles. The molecule has 0 N–H and O–H groups in total. The van der Waals surface area contributed by atoms with Crippen LogP contribution in [-0.4, -0.2) is 18.3 Å². The molecule has 0 aliphatic rings. The van der Waals surface area contributed by atoms with Crippen molar-refractivity contribution in [2.75, 3.05) is 7.11 Å². The van der Waals surface area contributed by atoms with Gasteiger partial charge in [-0.25, -0.2) is 0 Å².